The second-order valence-electron chi connectivity index (χ2n) is 5.98. The van der Waals surface area contributed by atoms with Crippen molar-refractivity contribution in [1.29, 1.82) is 0 Å². The van der Waals surface area contributed by atoms with Gasteiger partial charge in [0.25, 0.3) is 0 Å². The van der Waals surface area contributed by atoms with E-state index in [-0.39, 0.29) is 0 Å². The third kappa shape index (κ3) is 1.92. The summed E-state index contributed by atoms with van der Waals surface area (Å²) in [4.78, 5) is 4.23. The molecule has 0 saturated heterocycles. The topological polar surface area (TPSA) is 43.8 Å². The van der Waals surface area contributed by atoms with Crippen molar-refractivity contribution in [2.45, 2.75) is 32.2 Å². The third-order valence-corrected chi connectivity index (χ3v) is 4.68. The van der Waals surface area contributed by atoms with Crippen molar-refractivity contribution in [3.05, 3.63) is 59.4 Å². The minimum absolute atomic E-state index is 0.512. The Morgan fingerprint density at radius 3 is 2.86 bits per heavy atom. The molecule has 0 radical (unpaired) electrons. The summed E-state index contributed by atoms with van der Waals surface area (Å²) in [6.07, 6.45) is 7.48. The Morgan fingerprint density at radius 2 is 2.00 bits per heavy atom. The Kier molecular flexibility index (Phi) is 2.74. The normalized spacial score (nSPS) is 17.9. The van der Waals surface area contributed by atoms with E-state index in [0.29, 0.717) is 11.9 Å². The second kappa shape index (κ2) is 4.62. The number of aromatic nitrogens is 2. The zero-order valence-corrected chi connectivity index (χ0v) is 12.2. The van der Waals surface area contributed by atoms with Gasteiger partial charge in [-0.15, -0.1) is 0 Å². The first-order valence-electron chi connectivity index (χ1n) is 7.52. The van der Waals surface area contributed by atoms with E-state index < -0.39 is 0 Å². The van der Waals surface area contributed by atoms with E-state index in [9.17, 15) is 0 Å². The first-order chi connectivity index (χ1) is 10.2. The van der Waals surface area contributed by atoms with Crippen molar-refractivity contribution in [2.24, 2.45) is 0 Å². The number of pyridine rings is 1. The van der Waals surface area contributed by atoms with Gasteiger partial charge < -0.3 is 10.3 Å². The Labute approximate surface area is 124 Å². The molecule has 1 atom stereocenters. The molecular weight excluding hydrogens is 258 g/mol. The number of fused-ring (bicyclic) bond motifs is 2. The predicted molar refractivity (Wildman–Crippen MR) is 86.4 cm³/mol. The Balaban J connectivity index is 1.80. The first-order valence-corrected chi connectivity index (χ1v) is 7.52. The Morgan fingerprint density at radius 1 is 1.19 bits per heavy atom. The van der Waals surface area contributed by atoms with Gasteiger partial charge in [0.2, 0.25) is 0 Å². The van der Waals surface area contributed by atoms with Crippen LogP contribution >= 0.6 is 0 Å². The molecule has 1 unspecified atom stereocenters. The molecule has 0 amide bonds. The number of nitrogen functional groups attached to an aromatic ring is 1. The Bertz CT molecular complexity index is 816. The van der Waals surface area contributed by atoms with Crippen molar-refractivity contribution in [2.75, 3.05) is 5.73 Å². The van der Waals surface area contributed by atoms with Crippen LogP contribution in [0.4, 0.5) is 5.82 Å². The zero-order chi connectivity index (χ0) is 14.4. The summed E-state index contributed by atoms with van der Waals surface area (Å²) in [6, 6.07) is 11.4. The van der Waals surface area contributed by atoms with Crippen LogP contribution in [0.5, 0.6) is 0 Å². The lowest BCUT2D eigenvalue weighted by molar-refractivity contribution is 0.454. The minimum Gasteiger partial charge on any atom is -0.383 e. The van der Waals surface area contributed by atoms with Crippen molar-refractivity contribution in [3.63, 3.8) is 0 Å². The van der Waals surface area contributed by atoms with E-state index in [1.165, 1.54) is 28.6 Å². The molecule has 0 fully saturated rings. The zero-order valence-electron chi connectivity index (χ0n) is 12.2. The van der Waals surface area contributed by atoms with Gasteiger partial charge in [-0.25, -0.2) is 4.98 Å². The van der Waals surface area contributed by atoms with Crippen molar-refractivity contribution in [1.82, 2.24) is 9.55 Å². The number of nitrogens with zero attached hydrogens (tertiary/aromatic N) is 2. The van der Waals surface area contributed by atoms with Crippen LogP contribution in [0.1, 0.15) is 29.2 Å². The van der Waals surface area contributed by atoms with Gasteiger partial charge in [-0.1, -0.05) is 24.3 Å². The molecule has 3 aromatic rings. The lowest BCUT2D eigenvalue weighted by Crippen LogP contribution is -2.17. The van der Waals surface area contributed by atoms with Crippen LogP contribution in [0.15, 0.2) is 42.7 Å². The van der Waals surface area contributed by atoms with Gasteiger partial charge in [0, 0.05) is 23.8 Å². The molecular formula is C18H19N3. The average molecular weight is 277 g/mol. The second-order valence-corrected chi connectivity index (χ2v) is 5.98. The van der Waals surface area contributed by atoms with Crippen molar-refractivity contribution < 1.29 is 0 Å². The fourth-order valence-corrected chi connectivity index (χ4v) is 3.65. The number of hydrogen-bond acceptors (Lipinski definition) is 2. The molecule has 1 aliphatic carbocycles. The summed E-state index contributed by atoms with van der Waals surface area (Å²) in [7, 11) is 0. The molecule has 0 spiro atoms. The Hall–Kier alpha value is -2.29. The molecule has 2 heterocycles. The van der Waals surface area contributed by atoms with Gasteiger partial charge in [-0.3, -0.25) is 0 Å². The number of aryl methyl sites for hydroxylation is 2. The fraction of sp³-hybridized carbons (Fsp3) is 0.278. The highest BCUT2D eigenvalue weighted by molar-refractivity contribution is 5.92. The molecule has 106 valence electrons. The molecule has 4 rings (SSSR count). The standard InChI is InChI=1S/C18H19N3/c1-12-11-21(16-8-9-20-18(19)17(12)16)15-7-6-13-4-2-3-5-14(13)10-15/h2-5,8-9,11,15H,6-7,10H2,1H3,(H2,19,20). The summed E-state index contributed by atoms with van der Waals surface area (Å²) in [5.74, 6) is 0.639. The van der Waals surface area contributed by atoms with Crippen LogP contribution in [0.3, 0.4) is 0 Å². The molecule has 0 aliphatic heterocycles. The van der Waals surface area contributed by atoms with Crippen LogP contribution < -0.4 is 5.73 Å². The highest BCUT2D eigenvalue weighted by Gasteiger charge is 2.22. The van der Waals surface area contributed by atoms with Crippen LogP contribution in [0.2, 0.25) is 0 Å². The molecule has 2 aromatic heterocycles. The number of hydrogen-bond donors (Lipinski definition) is 1. The van der Waals surface area contributed by atoms with Gasteiger partial charge in [0.1, 0.15) is 5.82 Å². The summed E-state index contributed by atoms with van der Waals surface area (Å²) in [5.41, 5.74) is 11.5. The minimum atomic E-state index is 0.512. The van der Waals surface area contributed by atoms with E-state index >= 15 is 0 Å². The van der Waals surface area contributed by atoms with Crippen LogP contribution in [0.25, 0.3) is 10.9 Å². The van der Waals surface area contributed by atoms with Crippen molar-refractivity contribution >= 4 is 16.7 Å². The summed E-state index contributed by atoms with van der Waals surface area (Å²) < 4.78 is 2.40. The predicted octanol–water partition coefficient (Wildman–Crippen LogP) is 3.66. The number of anilines is 1. The first kappa shape index (κ1) is 12.5. The SMILES string of the molecule is Cc1cn(C2CCc3ccccc3C2)c2ccnc(N)c12. The van der Waals surface area contributed by atoms with E-state index in [1.807, 2.05) is 6.20 Å². The molecule has 3 heteroatoms. The van der Waals surface area contributed by atoms with Gasteiger partial charge in [0.15, 0.2) is 0 Å². The third-order valence-electron chi connectivity index (χ3n) is 4.68. The highest BCUT2D eigenvalue weighted by Crippen LogP contribution is 2.34. The largest absolute Gasteiger partial charge is 0.383 e. The van der Waals surface area contributed by atoms with Gasteiger partial charge in [0.05, 0.1) is 5.52 Å². The van der Waals surface area contributed by atoms with E-state index in [4.69, 9.17) is 5.73 Å². The molecule has 1 aliphatic rings. The number of rotatable bonds is 1. The lowest BCUT2D eigenvalue weighted by atomic mass is 9.88. The lowest BCUT2D eigenvalue weighted by Gasteiger charge is -2.26. The summed E-state index contributed by atoms with van der Waals surface area (Å²) in [5, 5.41) is 1.11. The van der Waals surface area contributed by atoms with E-state index in [0.717, 1.165) is 18.2 Å². The van der Waals surface area contributed by atoms with Crippen LogP contribution in [-0.2, 0) is 12.8 Å². The van der Waals surface area contributed by atoms with Crippen LogP contribution in [0, 0.1) is 6.92 Å². The molecule has 2 N–H and O–H groups in total. The maximum atomic E-state index is 6.05. The average Bonchev–Trinajstić information content (AvgIpc) is 2.85. The number of nitrogens with two attached hydrogens (primary N) is 1. The summed E-state index contributed by atoms with van der Waals surface area (Å²) in [6.45, 7) is 2.12. The molecule has 3 nitrogen and oxygen atoms in total. The molecule has 0 saturated carbocycles. The highest BCUT2D eigenvalue weighted by atomic mass is 15.0. The fourth-order valence-electron chi connectivity index (χ4n) is 3.65. The van der Waals surface area contributed by atoms with Crippen molar-refractivity contribution in [3.8, 4) is 0 Å². The molecule has 0 bridgehead atoms. The van der Waals surface area contributed by atoms with E-state index in [2.05, 4.69) is 53.0 Å². The maximum absolute atomic E-state index is 6.05. The number of benzene rings is 1. The van der Waals surface area contributed by atoms with Gasteiger partial charge >= 0.3 is 0 Å². The molecule has 21 heavy (non-hydrogen) atoms. The summed E-state index contributed by atoms with van der Waals surface area (Å²) >= 11 is 0. The quantitative estimate of drug-likeness (QED) is 0.737. The maximum Gasteiger partial charge on any atom is 0.133 e. The van der Waals surface area contributed by atoms with Gasteiger partial charge in [-0.2, -0.15) is 0 Å². The van der Waals surface area contributed by atoms with E-state index in [1.54, 1.807) is 0 Å². The smallest absolute Gasteiger partial charge is 0.133 e. The monoisotopic (exact) mass is 277 g/mol. The molecule has 1 aromatic carbocycles. The van der Waals surface area contributed by atoms with Crippen LogP contribution in [-0.4, -0.2) is 9.55 Å². The van der Waals surface area contributed by atoms with Gasteiger partial charge in [-0.05, 0) is 48.9 Å².